The zero-order valence-corrected chi connectivity index (χ0v) is 22.4. The lowest BCUT2D eigenvalue weighted by Crippen LogP contribution is -2.54. The van der Waals surface area contributed by atoms with Crippen LogP contribution in [0.25, 0.3) is 0 Å². The summed E-state index contributed by atoms with van der Waals surface area (Å²) in [7, 11) is 0. The summed E-state index contributed by atoms with van der Waals surface area (Å²) in [6.07, 6.45) is 5.69. The Balaban J connectivity index is 1.58. The Morgan fingerprint density at radius 1 is 1.21 bits per heavy atom. The molecular weight excluding hydrogens is 530 g/mol. The van der Waals surface area contributed by atoms with Crippen molar-refractivity contribution in [3.63, 3.8) is 0 Å². The van der Waals surface area contributed by atoms with Crippen molar-refractivity contribution in [2.45, 2.75) is 74.9 Å². The Kier molecular flexibility index (Phi) is 8.72. The van der Waals surface area contributed by atoms with Crippen molar-refractivity contribution < 1.29 is 44.0 Å². The summed E-state index contributed by atoms with van der Waals surface area (Å²) < 4.78 is 5.35. The molecule has 0 aromatic carbocycles. The fourth-order valence-electron chi connectivity index (χ4n) is 6.24. The molecule has 8 atom stereocenters. The van der Waals surface area contributed by atoms with E-state index in [1.165, 1.54) is 11.8 Å². The first-order valence-corrected chi connectivity index (χ1v) is 14.2. The number of rotatable bonds is 11. The minimum absolute atomic E-state index is 0.0115. The number of nitrogens with two attached hydrogens (primary N) is 1. The number of carboxylic acid groups (broad SMARTS) is 2. The smallest absolute Gasteiger partial charge is 0.353 e. The van der Waals surface area contributed by atoms with Gasteiger partial charge in [0.2, 0.25) is 18.0 Å². The van der Waals surface area contributed by atoms with Crippen molar-refractivity contribution in [1.82, 2.24) is 10.6 Å². The summed E-state index contributed by atoms with van der Waals surface area (Å²) in [6.45, 7) is 2.13. The van der Waals surface area contributed by atoms with Gasteiger partial charge in [0, 0.05) is 12.2 Å². The van der Waals surface area contributed by atoms with E-state index in [0.717, 1.165) is 31.3 Å². The zero-order chi connectivity index (χ0) is 28.5. The highest BCUT2D eigenvalue weighted by atomic mass is 32.2. The molecule has 0 aromatic rings. The van der Waals surface area contributed by atoms with Gasteiger partial charge in [-0.2, -0.15) is 0 Å². The summed E-state index contributed by atoms with van der Waals surface area (Å²) in [5.74, 6) is -3.77. The molecule has 13 heteroatoms. The van der Waals surface area contributed by atoms with Gasteiger partial charge in [-0.05, 0) is 55.4 Å². The minimum atomic E-state index is -2.17. The van der Waals surface area contributed by atoms with E-state index in [9.17, 15) is 29.1 Å². The summed E-state index contributed by atoms with van der Waals surface area (Å²) in [5, 5.41) is 32.2. The molecule has 39 heavy (non-hydrogen) atoms. The van der Waals surface area contributed by atoms with E-state index in [4.69, 9.17) is 20.7 Å². The molecular formula is C26H35N3O9S. The third kappa shape index (κ3) is 5.99. The maximum absolute atomic E-state index is 13.0. The zero-order valence-electron chi connectivity index (χ0n) is 21.6. The summed E-state index contributed by atoms with van der Waals surface area (Å²) in [4.78, 5) is 60.6. The fraction of sp³-hybridized carbons (Fsp3) is 0.654. The molecule has 12 nitrogen and oxygen atoms in total. The number of carbonyl (C=O) groups excluding carboxylic acids is 3. The fourth-order valence-corrected chi connectivity index (χ4v) is 8.08. The largest absolute Gasteiger partial charge is 0.480 e. The van der Waals surface area contributed by atoms with E-state index in [0.29, 0.717) is 18.1 Å². The summed E-state index contributed by atoms with van der Waals surface area (Å²) >= 11 is 1.41. The van der Waals surface area contributed by atoms with Crippen molar-refractivity contribution in [2.24, 2.45) is 29.4 Å². The van der Waals surface area contributed by atoms with E-state index in [1.54, 1.807) is 0 Å². The number of amides is 2. The molecule has 1 fully saturated rings. The van der Waals surface area contributed by atoms with Gasteiger partial charge in [-0.15, -0.1) is 11.8 Å². The average molecular weight is 566 g/mol. The van der Waals surface area contributed by atoms with Crippen LogP contribution < -0.4 is 16.4 Å². The van der Waals surface area contributed by atoms with E-state index in [-0.39, 0.29) is 36.4 Å². The van der Waals surface area contributed by atoms with Gasteiger partial charge in [0.15, 0.2) is 0 Å². The molecule has 1 heterocycles. The molecule has 0 bridgehead atoms. The second kappa shape index (κ2) is 11.7. The van der Waals surface area contributed by atoms with Gasteiger partial charge < -0.3 is 36.4 Å². The molecule has 0 saturated heterocycles. The number of fused-ring (bicyclic) bond motifs is 2. The number of aliphatic carboxylic acids is 2. The second-order valence-corrected chi connectivity index (χ2v) is 12.3. The standard InChI is InChI=1S/C26H35N3O9S/c1-12-5-6-14-9-13-3-2-4-15-19(13)20(38-25(15)37)26(14,10-12)39-11-17(21(31)29-22(32)24(35)36)28-18(30)8-7-16(27)23(33)34/h2,4,12-17,22,32H,3,5-11,27H2,1H3,(H,28,30)(H,29,31)(H,33,34)(H,35,36)/t12-,13+,14+,15-,16+,17+,22+,26+/m1/s1. The summed E-state index contributed by atoms with van der Waals surface area (Å²) in [5.41, 5.74) is 6.49. The van der Waals surface area contributed by atoms with Crippen LogP contribution in [0.2, 0.25) is 0 Å². The van der Waals surface area contributed by atoms with Gasteiger partial charge in [0.25, 0.3) is 0 Å². The van der Waals surface area contributed by atoms with Gasteiger partial charge >= 0.3 is 17.9 Å². The van der Waals surface area contributed by atoms with Gasteiger partial charge in [-0.1, -0.05) is 25.5 Å². The number of thioether (sulfide) groups is 1. The van der Waals surface area contributed by atoms with Crippen LogP contribution in [0.5, 0.6) is 0 Å². The van der Waals surface area contributed by atoms with Crippen LogP contribution in [0.4, 0.5) is 0 Å². The number of allylic oxidation sites excluding steroid dienone is 1. The highest BCUT2D eigenvalue weighted by Crippen LogP contribution is 2.61. The number of nitrogens with one attached hydrogen (secondary N) is 2. The Hall–Kier alpha value is -2.90. The van der Waals surface area contributed by atoms with Crippen LogP contribution in [0.1, 0.15) is 51.9 Å². The second-order valence-electron chi connectivity index (χ2n) is 10.9. The van der Waals surface area contributed by atoms with Gasteiger partial charge in [0.05, 0.1) is 4.75 Å². The Morgan fingerprint density at radius 2 is 1.95 bits per heavy atom. The first kappa shape index (κ1) is 29.1. The monoisotopic (exact) mass is 565 g/mol. The summed E-state index contributed by atoms with van der Waals surface area (Å²) in [6, 6.07) is -2.50. The van der Waals surface area contributed by atoms with Crippen LogP contribution in [-0.2, 0) is 28.7 Å². The third-order valence-electron chi connectivity index (χ3n) is 8.19. The van der Waals surface area contributed by atoms with Gasteiger partial charge in [-0.3, -0.25) is 19.2 Å². The van der Waals surface area contributed by atoms with Crippen molar-refractivity contribution in [3.8, 4) is 0 Å². The van der Waals surface area contributed by atoms with Crippen molar-refractivity contribution in [3.05, 3.63) is 23.5 Å². The molecule has 1 saturated carbocycles. The van der Waals surface area contributed by atoms with Crippen LogP contribution in [0.15, 0.2) is 23.5 Å². The lowest BCUT2D eigenvalue weighted by Gasteiger charge is -2.51. The SMILES string of the molecule is C[C@@H]1CC[C@H]2C[C@@H]3CC=C[C@H]4C(=O)OC(=C34)[C@]2(SC[C@H](NC(=O)CC[C@H](N)C(=O)O)C(=O)N[C@@H](O)C(=O)O)C1. The van der Waals surface area contributed by atoms with Crippen molar-refractivity contribution >= 4 is 41.5 Å². The number of aliphatic hydroxyl groups is 1. The number of aliphatic hydroxyl groups excluding tert-OH is 1. The molecule has 0 unspecified atom stereocenters. The number of carboxylic acids is 2. The van der Waals surface area contributed by atoms with Crippen molar-refractivity contribution in [2.75, 3.05) is 5.75 Å². The number of ether oxygens (including phenoxy) is 1. The Bertz CT molecular complexity index is 1110. The number of carbonyl (C=O) groups is 5. The maximum Gasteiger partial charge on any atom is 0.353 e. The van der Waals surface area contributed by atoms with Gasteiger partial charge in [0.1, 0.15) is 23.8 Å². The molecule has 0 radical (unpaired) electrons. The average Bonchev–Trinajstić information content (AvgIpc) is 3.23. The molecule has 3 aliphatic carbocycles. The third-order valence-corrected chi connectivity index (χ3v) is 9.89. The highest BCUT2D eigenvalue weighted by molar-refractivity contribution is 8.01. The predicted octanol–water partition coefficient (Wildman–Crippen LogP) is 0.498. The molecule has 1 aliphatic heterocycles. The first-order chi connectivity index (χ1) is 18.4. The molecule has 7 N–H and O–H groups in total. The minimum Gasteiger partial charge on any atom is -0.480 e. The molecule has 4 aliphatic rings. The number of hydrogen-bond acceptors (Lipinski definition) is 9. The van der Waals surface area contributed by atoms with Crippen LogP contribution in [0.3, 0.4) is 0 Å². The van der Waals surface area contributed by atoms with Gasteiger partial charge in [-0.25, -0.2) is 4.79 Å². The molecule has 4 rings (SSSR count). The lowest BCUT2D eigenvalue weighted by molar-refractivity contribution is -0.151. The molecule has 214 valence electrons. The topological polar surface area (TPSA) is 205 Å². The van der Waals surface area contributed by atoms with E-state index >= 15 is 0 Å². The van der Waals surface area contributed by atoms with E-state index < -0.39 is 52.7 Å². The van der Waals surface area contributed by atoms with Crippen LogP contribution >= 0.6 is 11.8 Å². The van der Waals surface area contributed by atoms with Crippen molar-refractivity contribution in [1.29, 1.82) is 0 Å². The molecule has 0 aromatic heterocycles. The first-order valence-electron chi connectivity index (χ1n) is 13.2. The number of esters is 1. The van der Waals surface area contributed by atoms with Crippen LogP contribution in [0, 0.1) is 23.7 Å². The normalized spacial score (nSPS) is 31.3. The maximum atomic E-state index is 13.0. The predicted molar refractivity (Wildman–Crippen MR) is 139 cm³/mol. The Labute approximate surface area is 229 Å². The lowest BCUT2D eigenvalue weighted by atomic mass is 9.62. The van der Waals surface area contributed by atoms with Crippen LogP contribution in [-0.4, -0.2) is 73.9 Å². The quantitative estimate of drug-likeness (QED) is 0.116. The van der Waals surface area contributed by atoms with E-state index in [2.05, 4.69) is 12.2 Å². The Morgan fingerprint density at radius 3 is 2.64 bits per heavy atom. The van der Waals surface area contributed by atoms with E-state index in [1.807, 2.05) is 17.5 Å². The highest BCUT2D eigenvalue weighted by Gasteiger charge is 2.58. The number of hydrogen-bond donors (Lipinski definition) is 6. The molecule has 0 spiro atoms. The molecule has 2 amide bonds.